The molecule has 1 heterocycles. The lowest BCUT2D eigenvalue weighted by Gasteiger charge is -2.30. The van der Waals surface area contributed by atoms with E-state index in [1.54, 1.807) is 12.1 Å². The Morgan fingerprint density at radius 1 is 1.12 bits per heavy atom. The fourth-order valence-corrected chi connectivity index (χ4v) is 2.47. The summed E-state index contributed by atoms with van der Waals surface area (Å²) >= 11 is 0. The highest BCUT2D eigenvalue weighted by atomic mass is 16.4. The van der Waals surface area contributed by atoms with Gasteiger partial charge in [-0.25, -0.2) is 4.79 Å². The highest BCUT2D eigenvalue weighted by Gasteiger charge is 2.40. The molecule has 1 aromatic rings. The predicted molar refractivity (Wildman–Crippen MR) is 82.6 cm³/mol. The molecular formula is C16H16N2O7. The Bertz CT molecular complexity index is 727. The minimum absolute atomic E-state index is 0.00981. The number of carboxylic acids is 2. The van der Waals surface area contributed by atoms with Crippen LogP contribution in [0.5, 0.6) is 0 Å². The average molecular weight is 348 g/mol. The maximum Gasteiger partial charge on any atom is 0.335 e. The van der Waals surface area contributed by atoms with E-state index in [1.165, 1.54) is 17.0 Å². The Hall–Kier alpha value is -3.23. The van der Waals surface area contributed by atoms with Crippen molar-refractivity contribution in [3.05, 3.63) is 35.4 Å². The molecule has 132 valence electrons. The zero-order chi connectivity index (χ0) is 18.6. The number of hydrogen-bond acceptors (Lipinski definition) is 5. The summed E-state index contributed by atoms with van der Waals surface area (Å²) in [6, 6.07) is 5.89. The molecule has 0 aromatic heterocycles. The van der Waals surface area contributed by atoms with Gasteiger partial charge in [0.1, 0.15) is 6.54 Å². The average Bonchev–Trinajstić information content (AvgIpc) is 2.56. The standard InChI is InChI=1S/C16H16N2O7/c19-11-5-6-18(8-9-1-3-10(4-2-9)16(24)25)15(23)13(11)14(22)17-7-12(20)21/h1-4,13H,5-8H2,(H,17,22)(H,20,21)(H,24,25). The number of carbonyl (C=O) groups is 5. The van der Waals surface area contributed by atoms with Gasteiger partial charge in [-0.05, 0) is 17.7 Å². The second-order valence-electron chi connectivity index (χ2n) is 5.52. The van der Waals surface area contributed by atoms with Crippen LogP contribution in [-0.2, 0) is 25.7 Å². The summed E-state index contributed by atoms with van der Waals surface area (Å²) in [6.45, 7) is -0.414. The van der Waals surface area contributed by atoms with Crippen LogP contribution in [0.2, 0.25) is 0 Å². The maximum atomic E-state index is 12.4. The quantitative estimate of drug-likeness (QED) is 0.589. The van der Waals surface area contributed by atoms with Gasteiger partial charge in [-0.3, -0.25) is 19.2 Å². The third-order valence-corrected chi connectivity index (χ3v) is 3.76. The molecule has 25 heavy (non-hydrogen) atoms. The number of benzene rings is 1. The predicted octanol–water partition coefficient (Wildman–Crippen LogP) is -0.497. The van der Waals surface area contributed by atoms with Gasteiger partial charge in [0.25, 0.3) is 0 Å². The second-order valence-corrected chi connectivity index (χ2v) is 5.52. The molecule has 2 rings (SSSR count). The summed E-state index contributed by atoms with van der Waals surface area (Å²) in [5.74, 6) is -6.07. The Labute approximate surface area is 142 Å². The van der Waals surface area contributed by atoms with Crippen molar-refractivity contribution in [3.63, 3.8) is 0 Å². The summed E-state index contributed by atoms with van der Waals surface area (Å²) in [6.07, 6.45) is -0.00981. The molecule has 0 saturated carbocycles. The fourth-order valence-electron chi connectivity index (χ4n) is 2.47. The highest BCUT2D eigenvalue weighted by molar-refractivity contribution is 6.19. The molecule has 1 aromatic carbocycles. The van der Waals surface area contributed by atoms with Crippen molar-refractivity contribution in [2.24, 2.45) is 5.92 Å². The number of hydrogen-bond donors (Lipinski definition) is 3. The van der Waals surface area contributed by atoms with E-state index in [0.29, 0.717) is 5.56 Å². The topological polar surface area (TPSA) is 141 Å². The lowest BCUT2D eigenvalue weighted by molar-refractivity contribution is -0.152. The molecule has 0 radical (unpaired) electrons. The van der Waals surface area contributed by atoms with Gasteiger partial charge < -0.3 is 20.4 Å². The van der Waals surface area contributed by atoms with Crippen LogP contribution in [0.25, 0.3) is 0 Å². The number of Topliss-reactive ketones (excluding diaryl/α,β-unsaturated/α-hetero) is 1. The second kappa shape index (κ2) is 7.56. The minimum Gasteiger partial charge on any atom is -0.480 e. The molecule has 1 saturated heterocycles. The number of piperidine rings is 1. The SMILES string of the molecule is O=C(O)CNC(=O)C1C(=O)CCN(Cc2ccc(C(=O)O)cc2)C1=O. The van der Waals surface area contributed by atoms with Gasteiger partial charge in [-0.1, -0.05) is 12.1 Å². The number of likely N-dealkylation sites (tertiary alicyclic amines) is 1. The fraction of sp³-hybridized carbons (Fsp3) is 0.312. The number of carbonyl (C=O) groups excluding carboxylic acids is 3. The van der Waals surface area contributed by atoms with Crippen LogP contribution in [-0.4, -0.2) is 57.7 Å². The summed E-state index contributed by atoms with van der Waals surface area (Å²) in [7, 11) is 0. The first-order valence-corrected chi connectivity index (χ1v) is 7.43. The number of amides is 2. The number of carboxylic acid groups (broad SMARTS) is 2. The maximum absolute atomic E-state index is 12.4. The monoisotopic (exact) mass is 348 g/mol. The lowest BCUT2D eigenvalue weighted by Crippen LogP contribution is -2.52. The van der Waals surface area contributed by atoms with E-state index < -0.39 is 42.0 Å². The first-order chi connectivity index (χ1) is 11.8. The number of aliphatic carboxylic acids is 1. The summed E-state index contributed by atoms with van der Waals surface area (Å²) in [4.78, 5) is 58.9. The normalized spacial score (nSPS) is 17.3. The van der Waals surface area contributed by atoms with Crippen molar-refractivity contribution in [1.29, 1.82) is 0 Å². The van der Waals surface area contributed by atoms with Crippen LogP contribution in [0.15, 0.2) is 24.3 Å². The van der Waals surface area contributed by atoms with E-state index in [2.05, 4.69) is 0 Å². The van der Waals surface area contributed by atoms with Gasteiger partial charge >= 0.3 is 11.9 Å². The molecule has 3 N–H and O–H groups in total. The number of aromatic carboxylic acids is 1. The van der Waals surface area contributed by atoms with Crippen molar-refractivity contribution in [2.75, 3.05) is 13.1 Å². The van der Waals surface area contributed by atoms with E-state index in [0.717, 1.165) is 0 Å². The first kappa shape index (κ1) is 18.1. The van der Waals surface area contributed by atoms with Gasteiger partial charge in [0.2, 0.25) is 11.8 Å². The van der Waals surface area contributed by atoms with Crippen LogP contribution in [0.4, 0.5) is 0 Å². The number of ketones is 1. The smallest absolute Gasteiger partial charge is 0.335 e. The molecular weight excluding hydrogens is 332 g/mol. The minimum atomic E-state index is -1.55. The number of nitrogens with zero attached hydrogens (tertiary/aromatic N) is 1. The lowest BCUT2D eigenvalue weighted by atomic mass is 9.94. The van der Waals surface area contributed by atoms with Gasteiger partial charge in [-0.15, -0.1) is 0 Å². The Morgan fingerprint density at radius 2 is 1.76 bits per heavy atom. The molecule has 0 aliphatic carbocycles. The number of nitrogens with one attached hydrogen (secondary N) is 1. The van der Waals surface area contributed by atoms with E-state index in [9.17, 15) is 24.0 Å². The zero-order valence-electron chi connectivity index (χ0n) is 13.1. The molecule has 1 fully saturated rings. The van der Waals surface area contributed by atoms with Crippen LogP contribution < -0.4 is 5.32 Å². The summed E-state index contributed by atoms with van der Waals surface area (Å²) in [5.41, 5.74) is 0.757. The van der Waals surface area contributed by atoms with E-state index >= 15 is 0 Å². The van der Waals surface area contributed by atoms with Crippen LogP contribution in [0, 0.1) is 5.92 Å². The van der Waals surface area contributed by atoms with Gasteiger partial charge in [0, 0.05) is 19.5 Å². The largest absolute Gasteiger partial charge is 0.480 e. The third-order valence-electron chi connectivity index (χ3n) is 3.76. The molecule has 1 atom stereocenters. The Kier molecular flexibility index (Phi) is 5.48. The van der Waals surface area contributed by atoms with Gasteiger partial charge in [0.15, 0.2) is 11.7 Å². The van der Waals surface area contributed by atoms with Gasteiger partial charge in [-0.2, -0.15) is 0 Å². The van der Waals surface area contributed by atoms with Crippen LogP contribution >= 0.6 is 0 Å². The molecule has 0 bridgehead atoms. The Balaban J connectivity index is 2.07. The summed E-state index contributed by atoms with van der Waals surface area (Å²) in [5, 5.41) is 19.5. The molecule has 1 unspecified atom stereocenters. The van der Waals surface area contributed by atoms with E-state index in [4.69, 9.17) is 10.2 Å². The summed E-state index contributed by atoms with van der Waals surface area (Å²) < 4.78 is 0. The van der Waals surface area contributed by atoms with E-state index in [-0.39, 0.29) is 25.1 Å². The third kappa shape index (κ3) is 4.40. The Morgan fingerprint density at radius 3 is 2.32 bits per heavy atom. The van der Waals surface area contributed by atoms with Crippen molar-refractivity contribution < 1.29 is 34.2 Å². The zero-order valence-corrected chi connectivity index (χ0v) is 13.1. The van der Waals surface area contributed by atoms with Crippen molar-refractivity contribution in [3.8, 4) is 0 Å². The van der Waals surface area contributed by atoms with Crippen LogP contribution in [0.1, 0.15) is 22.3 Å². The molecule has 9 heteroatoms. The van der Waals surface area contributed by atoms with Crippen molar-refractivity contribution in [2.45, 2.75) is 13.0 Å². The molecule has 0 spiro atoms. The molecule has 1 aliphatic heterocycles. The van der Waals surface area contributed by atoms with E-state index in [1.807, 2.05) is 5.32 Å². The van der Waals surface area contributed by atoms with Gasteiger partial charge in [0.05, 0.1) is 5.56 Å². The molecule has 2 amide bonds. The number of rotatable bonds is 6. The first-order valence-electron chi connectivity index (χ1n) is 7.43. The van der Waals surface area contributed by atoms with Crippen molar-refractivity contribution in [1.82, 2.24) is 10.2 Å². The molecule has 1 aliphatic rings. The molecule has 9 nitrogen and oxygen atoms in total. The highest BCUT2D eigenvalue weighted by Crippen LogP contribution is 2.18. The van der Waals surface area contributed by atoms with Crippen LogP contribution in [0.3, 0.4) is 0 Å². The van der Waals surface area contributed by atoms with Crippen molar-refractivity contribution >= 4 is 29.5 Å².